The summed E-state index contributed by atoms with van der Waals surface area (Å²) in [6.07, 6.45) is 0.876. The number of rotatable bonds is 5. The molecule has 0 atom stereocenters. The summed E-state index contributed by atoms with van der Waals surface area (Å²) in [7, 11) is 3.54. The van der Waals surface area contributed by atoms with E-state index in [0.717, 1.165) is 18.7 Å². The molecule has 0 aliphatic heterocycles. The SMILES string of the molecule is COCCCN(C)c1cc(Cl)c(F)cc1N. The number of ether oxygens (including phenoxy) is 1. The molecule has 90 valence electrons. The highest BCUT2D eigenvalue weighted by Gasteiger charge is 2.09. The van der Waals surface area contributed by atoms with Crippen LogP contribution in [0.25, 0.3) is 0 Å². The number of nitrogens with zero attached hydrogens (tertiary/aromatic N) is 1. The number of nitrogen functional groups attached to an aromatic ring is 1. The average Bonchev–Trinajstić information content (AvgIpc) is 2.23. The zero-order chi connectivity index (χ0) is 12.1. The first-order chi connectivity index (χ1) is 7.56. The first-order valence-electron chi connectivity index (χ1n) is 5.01. The van der Waals surface area contributed by atoms with Gasteiger partial charge in [-0.1, -0.05) is 11.6 Å². The molecule has 3 nitrogen and oxygen atoms in total. The van der Waals surface area contributed by atoms with Crippen LogP contribution < -0.4 is 10.6 Å². The van der Waals surface area contributed by atoms with Crippen molar-refractivity contribution in [3.63, 3.8) is 0 Å². The molecule has 0 aliphatic rings. The van der Waals surface area contributed by atoms with Gasteiger partial charge in [-0.2, -0.15) is 0 Å². The van der Waals surface area contributed by atoms with Crippen molar-refractivity contribution < 1.29 is 9.13 Å². The van der Waals surface area contributed by atoms with Crippen LogP contribution in [0.5, 0.6) is 0 Å². The summed E-state index contributed by atoms with van der Waals surface area (Å²) < 4.78 is 18.0. The molecular formula is C11H16ClFN2O. The van der Waals surface area contributed by atoms with Gasteiger partial charge >= 0.3 is 0 Å². The van der Waals surface area contributed by atoms with Crippen molar-refractivity contribution in [2.24, 2.45) is 0 Å². The second-order valence-corrected chi connectivity index (χ2v) is 4.00. The number of halogens is 2. The van der Waals surface area contributed by atoms with E-state index in [1.807, 2.05) is 11.9 Å². The van der Waals surface area contributed by atoms with Crippen molar-refractivity contribution in [2.75, 3.05) is 37.9 Å². The van der Waals surface area contributed by atoms with Gasteiger partial charge in [0.05, 0.1) is 16.4 Å². The summed E-state index contributed by atoms with van der Waals surface area (Å²) >= 11 is 5.71. The number of nitrogens with two attached hydrogens (primary N) is 1. The van der Waals surface area contributed by atoms with Crippen LogP contribution in [0.2, 0.25) is 5.02 Å². The van der Waals surface area contributed by atoms with Crippen LogP contribution in [0.15, 0.2) is 12.1 Å². The smallest absolute Gasteiger partial charge is 0.143 e. The molecule has 2 N–H and O–H groups in total. The summed E-state index contributed by atoms with van der Waals surface area (Å²) in [6, 6.07) is 2.78. The predicted molar refractivity (Wildman–Crippen MR) is 65.6 cm³/mol. The van der Waals surface area contributed by atoms with Gasteiger partial charge in [0, 0.05) is 33.4 Å². The molecular weight excluding hydrogens is 231 g/mol. The molecule has 1 rings (SSSR count). The third-order valence-electron chi connectivity index (χ3n) is 2.32. The van der Waals surface area contributed by atoms with Gasteiger partial charge in [-0.3, -0.25) is 0 Å². The fourth-order valence-corrected chi connectivity index (χ4v) is 1.61. The molecule has 0 fully saturated rings. The molecule has 5 heteroatoms. The minimum atomic E-state index is -0.492. The van der Waals surface area contributed by atoms with Crippen molar-refractivity contribution in [1.82, 2.24) is 0 Å². The summed E-state index contributed by atoms with van der Waals surface area (Å²) in [5.41, 5.74) is 6.85. The largest absolute Gasteiger partial charge is 0.397 e. The van der Waals surface area contributed by atoms with Gasteiger partial charge in [0.25, 0.3) is 0 Å². The van der Waals surface area contributed by atoms with Crippen molar-refractivity contribution in [3.8, 4) is 0 Å². The lowest BCUT2D eigenvalue weighted by Gasteiger charge is -2.21. The monoisotopic (exact) mass is 246 g/mol. The zero-order valence-corrected chi connectivity index (χ0v) is 10.2. The van der Waals surface area contributed by atoms with Crippen LogP contribution in [0.4, 0.5) is 15.8 Å². The van der Waals surface area contributed by atoms with E-state index in [9.17, 15) is 4.39 Å². The molecule has 0 saturated heterocycles. The number of anilines is 2. The van der Waals surface area contributed by atoms with E-state index >= 15 is 0 Å². The molecule has 0 spiro atoms. The Balaban J connectivity index is 2.75. The molecule has 0 saturated carbocycles. The van der Waals surface area contributed by atoms with Gasteiger partial charge in [0.2, 0.25) is 0 Å². The first-order valence-corrected chi connectivity index (χ1v) is 5.38. The van der Waals surface area contributed by atoms with Crippen LogP contribution in [-0.4, -0.2) is 27.3 Å². The Morgan fingerprint density at radius 2 is 2.19 bits per heavy atom. The fraction of sp³-hybridized carbons (Fsp3) is 0.455. The van der Waals surface area contributed by atoms with Crippen LogP contribution in [-0.2, 0) is 4.74 Å². The molecule has 1 aromatic rings. The van der Waals surface area contributed by atoms with E-state index in [1.165, 1.54) is 6.07 Å². The topological polar surface area (TPSA) is 38.5 Å². The summed E-state index contributed by atoms with van der Waals surface area (Å²) in [6.45, 7) is 1.46. The minimum Gasteiger partial charge on any atom is -0.397 e. The maximum atomic E-state index is 13.1. The quantitative estimate of drug-likeness (QED) is 0.641. The van der Waals surface area contributed by atoms with Crippen molar-refractivity contribution >= 4 is 23.0 Å². The normalized spacial score (nSPS) is 10.5. The van der Waals surface area contributed by atoms with E-state index in [2.05, 4.69) is 0 Å². The van der Waals surface area contributed by atoms with Crippen molar-refractivity contribution in [2.45, 2.75) is 6.42 Å². The number of hydrogen-bond donors (Lipinski definition) is 1. The highest BCUT2D eigenvalue weighted by Crippen LogP contribution is 2.28. The van der Waals surface area contributed by atoms with Gasteiger partial charge in [-0.25, -0.2) is 4.39 Å². The fourth-order valence-electron chi connectivity index (χ4n) is 1.45. The van der Waals surface area contributed by atoms with Gasteiger partial charge < -0.3 is 15.4 Å². The highest BCUT2D eigenvalue weighted by atomic mass is 35.5. The van der Waals surface area contributed by atoms with E-state index in [1.54, 1.807) is 13.2 Å². The Kier molecular flexibility index (Phi) is 4.83. The van der Waals surface area contributed by atoms with Gasteiger partial charge in [-0.15, -0.1) is 0 Å². The van der Waals surface area contributed by atoms with Crippen molar-refractivity contribution in [1.29, 1.82) is 0 Å². The molecule has 0 radical (unpaired) electrons. The molecule has 0 unspecified atom stereocenters. The van der Waals surface area contributed by atoms with Gasteiger partial charge in [-0.05, 0) is 12.5 Å². The second-order valence-electron chi connectivity index (χ2n) is 3.59. The highest BCUT2D eigenvalue weighted by molar-refractivity contribution is 6.31. The van der Waals surface area contributed by atoms with Gasteiger partial charge in [0.1, 0.15) is 5.82 Å². The first kappa shape index (κ1) is 13.1. The van der Waals surface area contributed by atoms with Gasteiger partial charge in [0.15, 0.2) is 0 Å². The molecule has 0 amide bonds. The molecule has 16 heavy (non-hydrogen) atoms. The molecule has 0 aromatic heterocycles. The maximum absolute atomic E-state index is 13.1. The lowest BCUT2D eigenvalue weighted by molar-refractivity contribution is 0.196. The standard InChI is InChI=1S/C11H16ClFN2O/c1-15(4-3-5-16-2)11-6-8(12)9(13)7-10(11)14/h6-7H,3-5,14H2,1-2H3. The van der Waals surface area contributed by atoms with E-state index in [0.29, 0.717) is 12.3 Å². The molecule has 0 aliphatic carbocycles. The third-order valence-corrected chi connectivity index (χ3v) is 2.61. The van der Waals surface area contributed by atoms with Crippen LogP contribution in [0, 0.1) is 5.82 Å². The zero-order valence-electron chi connectivity index (χ0n) is 9.46. The van der Waals surface area contributed by atoms with Crippen molar-refractivity contribution in [3.05, 3.63) is 23.0 Å². The Bertz CT molecular complexity index is 360. The summed E-state index contributed by atoms with van der Waals surface area (Å²) in [4.78, 5) is 1.93. The Hall–Kier alpha value is -1.00. The number of hydrogen-bond acceptors (Lipinski definition) is 3. The third kappa shape index (κ3) is 3.25. The molecule has 0 bridgehead atoms. The molecule has 0 heterocycles. The Labute approximate surface area is 99.9 Å². The maximum Gasteiger partial charge on any atom is 0.143 e. The van der Waals surface area contributed by atoms with E-state index in [-0.39, 0.29) is 5.02 Å². The lowest BCUT2D eigenvalue weighted by Crippen LogP contribution is -2.21. The Morgan fingerprint density at radius 1 is 1.50 bits per heavy atom. The van der Waals surface area contributed by atoms with Crippen LogP contribution in [0.1, 0.15) is 6.42 Å². The summed E-state index contributed by atoms with van der Waals surface area (Å²) in [5, 5.41) is 0.0859. The van der Waals surface area contributed by atoms with Crippen LogP contribution >= 0.6 is 11.6 Å². The Morgan fingerprint density at radius 3 is 2.81 bits per heavy atom. The number of benzene rings is 1. The molecule has 1 aromatic carbocycles. The average molecular weight is 247 g/mol. The summed E-state index contributed by atoms with van der Waals surface area (Å²) in [5.74, 6) is -0.492. The second kappa shape index (κ2) is 5.92. The minimum absolute atomic E-state index is 0.0859. The predicted octanol–water partition coefficient (Wildman–Crippen LogP) is 2.53. The number of methoxy groups -OCH3 is 1. The lowest BCUT2D eigenvalue weighted by atomic mass is 10.2. The van der Waals surface area contributed by atoms with Crippen LogP contribution in [0.3, 0.4) is 0 Å². The van der Waals surface area contributed by atoms with E-state index in [4.69, 9.17) is 22.1 Å². The van der Waals surface area contributed by atoms with E-state index < -0.39 is 5.82 Å².